The van der Waals surface area contributed by atoms with Gasteiger partial charge in [-0.1, -0.05) is 0 Å². The van der Waals surface area contributed by atoms with Crippen molar-refractivity contribution in [1.29, 1.82) is 0 Å². The lowest BCUT2D eigenvalue weighted by Gasteiger charge is -2.27. The highest BCUT2D eigenvalue weighted by Gasteiger charge is 2.53. The molecule has 2 fully saturated rings. The lowest BCUT2D eigenvalue weighted by atomic mass is 9.78. The minimum absolute atomic E-state index is 0.113. The number of nitrogens with zero attached hydrogens (tertiary/aromatic N) is 2. The molecule has 1 amide bonds. The summed E-state index contributed by atoms with van der Waals surface area (Å²) in [5, 5.41) is 16.5. The van der Waals surface area contributed by atoms with Crippen molar-refractivity contribution in [2.45, 2.75) is 32.7 Å². The zero-order valence-electron chi connectivity index (χ0n) is 12.4. The number of aromatic nitrogens is 2. The molecule has 0 saturated heterocycles. The zero-order valence-corrected chi connectivity index (χ0v) is 12.4. The quantitative estimate of drug-likeness (QED) is 0.869. The van der Waals surface area contributed by atoms with Gasteiger partial charge in [-0.2, -0.15) is 5.10 Å². The molecule has 2 bridgehead atoms. The van der Waals surface area contributed by atoms with Gasteiger partial charge in [-0.25, -0.2) is 0 Å². The van der Waals surface area contributed by atoms with Crippen LogP contribution >= 0.6 is 0 Å². The van der Waals surface area contributed by atoms with E-state index in [1.165, 1.54) is 0 Å². The van der Waals surface area contributed by atoms with Gasteiger partial charge < -0.3 is 10.4 Å². The Morgan fingerprint density at radius 1 is 1.38 bits per heavy atom. The van der Waals surface area contributed by atoms with Crippen LogP contribution in [0.4, 0.5) is 0 Å². The molecular formula is C15H21N3O3. The van der Waals surface area contributed by atoms with Gasteiger partial charge in [0.2, 0.25) is 5.91 Å². The number of hydrogen-bond donors (Lipinski definition) is 2. The molecule has 114 valence electrons. The molecule has 1 heterocycles. The summed E-state index contributed by atoms with van der Waals surface area (Å²) in [6, 6.07) is 0. The summed E-state index contributed by atoms with van der Waals surface area (Å²) >= 11 is 0. The van der Waals surface area contributed by atoms with E-state index in [0.717, 1.165) is 30.5 Å². The summed E-state index contributed by atoms with van der Waals surface area (Å²) in [6.07, 6.45) is 4.71. The lowest BCUT2D eigenvalue weighted by molar-refractivity contribution is -0.149. The van der Waals surface area contributed by atoms with Gasteiger partial charge in [-0.05, 0) is 38.0 Å². The summed E-state index contributed by atoms with van der Waals surface area (Å²) in [5.41, 5.74) is 1.86. The first kappa shape index (κ1) is 14.1. The predicted octanol–water partition coefficient (Wildman–Crippen LogP) is 1.09. The third kappa shape index (κ3) is 2.43. The smallest absolute Gasteiger partial charge is 0.307 e. The second kappa shape index (κ2) is 5.16. The van der Waals surface area contributed by atoms with Crippen molar-refractivity contribution in [3.05, 3.63) is 17.5 Å². The summed E-state index contributed by atoms with van der Waals surface area (Å²) in [7, 11) is 1.84. The van der Waals surface area contributed by atoms with Crippen LogP contribution in [0.1, 0.15) is 30.5 Å². The Balaban J connectivity index is 1.67. The summed E-state index contributed by atoms with van der Waals surface area (Å²) < 4.78 is 1.72. The summed E-state index contributed by atoms with van der Waals surface area (Å²) in [6.45, 7) is 2.32. The summed E-state index contributed by atoms with van der Waals surface area (Å²) in [5.74, 6) is -1.37. The molecule has 0 aliphatic heterocycles. The number of carboxylic acids is 1. The number of amides is 1. The number of carbonyl (C=O) groups excluding carboxylic acids is 1. The Hall–Kier alpha value is -1.85. The van der Waals surface area contributed by atoms with Gasteiger partial charge in [0, 0.05) is 25.4 Å². The van der Waals surface area contributed by atoms with E-state index < -0.39 is 11.9 Å². The van der Waals surface area contributed by atoms with Crippen molar-refractivity contribution in [3.63, 3.8) is 0 Å². The monoisotopic (exact) mass is 291 g/mol. The van der Waals surface area contributed by atoms with Gasteiger partial charge >= 0.3 is 5.97 Å². The minimum atomic E-state index is -0.820. The van der Waals surface area contributed by atoms with Gasteiger partial charge in [-0.15, -0.1) is 0 Å². The Labute approximate surface area is 123 Å². The van der Waals surface area contributed by atoms with Gasteiger partial charge in [0.25, 0.3) is 0 Å². The first-order valence-electron chi connectivity index (χ1n) is 7.47. The molecule has 3 rings (SSSR count). The highest BCUT2D eigenvalue weighted by molar-refractivity contribution is 5.86. The molecule has 21 heavy (non-hydrogen) atoms. The maximum Gasteiger partial charge on any atom is 0.307 e. The van der Waals surface area contributed by atoms with E-state index in [-0.39, 0.29) is 23.7 Å². The fraction of sp³-hybridized carbons (Fsp3) is 0.667. The van der Waals surface area contributed by atoms with Crippen LogP contribution in [0.5, 0.6) is 0 Å². The number of carboxylic acid groups (broad SMARTS) is 1. The van der Waals surface area contributed by atoms with Crippen LogP contribution in [-0.4, -0.2) is 26.8 Å². The van der Waals surface area contributed by atoms with Gasteiger partial charge in [-0.3, -0.25) is 14.3 Å². The Morgan fingerprint density at radius 3 is 2.62 bits per heavy atom. The van der Waals surface area contributed by atoms with E-state index in [1.807, 2.05) is 20.2 Å². The molecule has 1 aromatic heterocycles. The molecule has 0 unspecified atom stereocenters. The molecule has 6 nitrogen and oxygen atoms in total. The SMILES string of the molecule is Cc1nn(C)cc1CNC(=O)[C@H]1[C@@H]2CC[C@@H](C2)[C@@H]1C(=O)O. The average molecular weight is 291 g/mol. The first-order chi connectivity index (χ1) is 9.97. The molecule has 2 saturated carbocycles. The third-order valence-electron chi connectivity index (χ3n) is 5.07. The van der Waals surface area contributed by atoms with Crippen molar-refractivity contribution < 1.29 is 14.7 Å². The molecule has 1 aromatic rings. The Kier molecular flexibility index (Phi) is 3.47. The number of nitrogens with one attached hydrogen (secondary N) is 1. The standard InChI is InChI=1S/C15H21N3O3/c1-8-11(7-18(2)17-8)6-16-14(19)12-9-3-4-10(5-9)13(12)15(20)21/h7,9-10,12-13H,3-6H2,1-2H3,(H,16,19)(H,20,21)/t9-,10+,12+,13+/m1/s1. The van der Waals surface area contributed by atoms with E-state index in [4.69, 9.17) is 0 Å². The summed E-state index contributed by atoms with van der Waals surface area (Å²) in [4.78, 5) is 23.9. The number of hydrogen-bond acceptors (Lipinski definition) is 3. The largest absolute Gasteiger partial charge is 0.481 e. The number of carbonyl (C=O) groups is 2. The van der Waals surface area contributed by atoms with E-state index in [2.05, 4.69) is 10.4 Å². The van der Waals surface area contributed by atoms with Gasteiger partial charge in [0.1, 0.15) is 0 Å². The molecule has 0 aromatic carbocycles. The van der Waals surface area contributed by atoms with Crippen molar-refractivity contribution >= 4 is 11.9 Å². The molecule has 0 spiro atoms. The fourth-order valence-corrected chi connectivity index (χ4v) is 4.15. The molecule has 4 atom stereocenters. The number of aliphatic carboxylic acids is 1. The maximum atomic E-state index is 12.4. The van der Waals surface area contributed by atoms with Crippen LogP contribution in [0.15, 0.2) is 6.20 Å². The van der Waals surface area contributed by atoms with E-state index >= 15 is 0 Å². The molecule has 2 aliphatic carbocycles. The number of rotatable bonds is 4. The average Bonchev–Trinajstić information content (AvgIpc) is 3.09. The van der Waals surface area contributed by atoms with Crippen LogP contribution in [-0.2, 0) is 23.2 Å². The van der Waals surface area contributed by atoms with Crippen molar-refractivity contribution in [2.75, 3.05) is 0 Å². The number of aryl methyl sites for hydroxylation is 2. The minimum Gasteiger partial charge on any atom is -0.481 e. The van der Waals surface area contributed by atoms with E-state index in [9.17, 15) is 14.7 Å². The van der Waals surface area contributed by atoms with E-state index in [0.29, 0.717) is 6.54 Å². The second-order valence-electron chi connectivity index (χ2n) is 6.35. The molecule has 2 aliphatic rings. The van der Waals surface area contributed by atoms with Gasteiger partial charge in [0.15, 0.2) is 0 Å². The van der Waals surface area contributed by atoms with Crippen LogP contribution in [0.2, 0.25) is 0 Å². The van der Waals surface area contributed by atoms with Crippen LogP contribution < -0.4 is 5.32 Å². The molecular weight excluding hydrogens is 270 g/mol. The van der Waals surface area contributed by atoms with Crippen molar-refractivity contribution in [2.24, 2.45) is 30.7 Å². The first-order valence-corrected chi connectivity index (χ1v) is 7.47. The topological polar surface area (TPSA) is 84.2 Å². The fourth-order valence-electron chi connectivity index (χ4n) is 4.15. The molecule has 2 N–H and O–H groups in total. The molecule has 0 radical (unpaired) electrons. The highest BCUT2D eigenvalue weighted by Crippen LogP contribution is 2.52. The highest BCUT2D eigenvalue weighted by atomic mass is 16.4. The van der Waals surface area contributed by atoms with Gasteiger partial charge in [0.05, 0.1) is 17.5 Å². The zero-order chi connectivity index (χ0) is 15.1. The van der Waals surface area contributed by atoms with Crippen LogP contribution in [0, 0.1) is 30.6 Å². The van der Waals surface area contributed by atoms with E-state index in [1.54, 1.807) is 4.68 Å². The Morgan fingerprint density at radius 2 is 2.05 bits per heavy atom. The number of fused-ring (bicyclic) bond motifs is 2. The van der Waals surface area contributed by atoms with Crippen LogP contribution in [0.3, 0.4) is 0 Å². The lowest BCUT2D eigenvalue weighted by Crippen LogP contribution is -2.41. The predicted molar refractivity (Wildman–Crippen MR) is 75.2 cm³/mol. The van der Waals surface area contributed by atoms with Crippen molar-refractivity contribution in [1.82, 2.24) is 15.1 Å². The Bertz CT molecular complexity index is 581. The second-order valence-corrected chi connectivity index (χ2v) is 6.35. The third-order valence-corrected chi connectivity index (χ3v) is 5.07. The van der Waals surface area contributed by atoms with Crippen LogP contribution in [0.25, 0.3) is 0 Å². The molecule has 6 heteroatoms. The maximum absolute atomic E-state index is 12.4. The normalized spacial score (nSPS) is 30.6. The van der Waals surface area contributed by atoms with Crippen molar-refractivity contribution in [3.8, 4) is 0 Å².